The molecule has 0 atom stereocenters. The lowest BCUT2D eigenvalue weighted by Crippen LogP contribution is -2.62. The lowest BCUT2D eigenvalue weighted by atomic mass is 9.99. The highest BCUT2D eigenvalue weighted by Crippen LogP contribution is 2.18. The fourth-order valence-electron chi connectivity index (χ4n) is 2.26. The fraction of sp³-hybridized carbons (Fsp3) is 0.467. The van der Waals surface area contributed by atoms with Crippen LogP contribution in [0.25, 0.3) is 0 Å². The van der Waals surface area contributed by atoms with Crippen LogP contribution in [0.3, 0.4) is 0 Å². The maximum absolute atomic E-state index is 11.8. The van der Waals surface area contributed by atoms with Gasteiger partial charge in [0.15, 0.2) is 0 Å². The third-order valence-corrected chi connectivity index (χ3v) is 3.61. The van der Waals surface area contributed by atoms with Crippen LogP contribution in [0.4, 0.5) is 0 Å². The number of rotatable bonds is 4. The molecule has 1 aromatic rings. The van der Waals surface area contributed by atoms with Gasteiger partial charge in [-0.05, 0) is 32.0 Å². The van der Waals surface area contributed by atoms with E-state index in [1.807, 2.05) is 19.9 Å². The first-order valence-electron chi connectivity index (χ1n) is 6.70. The van der Waals surface area contributed by atoms with Crippen LogP contribution < -0.4 is 10.1 Å². The van der Waals surface area contributed by atoms with Crippen molar-refractivity contribution in [3.63, 3.8) is 0 Å². The second-order valence-electron chi connectivity index (χ2n) is 5.29. The number of hydrogen-bond donors (Lipinski definition) is 1. The number of nitrogens with one attached hydrogen (secondary N) is 1. The molecule has 0 aliphatic carbocycles. The van der Waals surface area contributed by atoms with Gasteiger partial charge in [-0.2, -0.15) is 5.26 Å². The van der Waals surface area contributed by atoms with Crippen molar-refractivity contribution in [1.29, 1.82) is 5.26 Å². The van der Waals surface area contributed by atoms with Crippen molar-refractivity contribution in [2.24, 2.45) is 0 Å². The maximum atomic E-state index is 11.8. The van der Waals surface area contributed by atoms with Gasteiger partial charge in [-0.1, -0.05) is 6.07 Å². The Kier molecular flexibility index (Phi) is 4.26. The van der Waals surface area contributed by atoms with Crippen LogP contribution in [-0.2, 0) is 4.79 Å². The van der Waals surface area contributed by atoms with E-state index in [0.717, 1.165) is 6.54 Å². The molecule has 106 valence electrons. The lowest BCUT2D eigenvalue weighted by molar-refractivity contribution is -0.135. The first kappa shape index (κ1) is 14.4. The van der Waals surface area contributed by atoms with E-state index in [1.165, 1.54) is 0 Å². The van der Waals surface area contributed by atoms with Crippen molar-refractivity contribution in [3.8, 4) is 11.8 Å². The summed E-state index contributed by atoms with van der Waals surface area (Å²) in [6.45, 7) is 6.49. The van der Waals surface area contributed by atoms with E-state index in [9.17, 15) is 4.79 Å². The van der Waals surface area contributed by atoms with E-state index >= 15 is 0 Å². The molecule has 1 amide bonds. The third kappa shape index (κ3) is 3.09. The number of hydrogen-bond acceptors (Lipinski definition) is 4. The van der Waals surface area contributed by atoms with E-state index in [0.29, 0.717) is 31.0 Å². The molecular weight excluding hydrogens is 254 g/mol. The SMILES string of the molecule is CC1(C)C(=O)NCCN1CCOc1cccc(C#N)c1. The molecular formula is C15H19N3O2. The number of piperazine rings is 1. The molecule has 1 aliphatic heterocycles. The van der Waals surface area contributed by atoms with Gasteiger partial charge >= 0.3 is 0 Å². The summed E-state index contributed by atoms with van der Waals surface area (Å²) in [5, 5.41) is 11.7. The molecule has 1 N–H and O–H groups in total. The highest BCUT2D eigenvalue weighted by Gasteiger charge is 2.37. The highest BCUT2D eigenvalue weighted by molar-refractivity contribution is 5.86. The van der Waals surface area contributed by atoms with Crippen molar-refractivity contribution in [2.45, 2.75) is 19.4 Å². The molecule has 1 heterocycles. The van der Waals surface area contributed by atoms with Gasteiger partial charge < -0.3 is 10.1 Å². The standard InChI is InChI=1S/C15H19N3O2/c1-15(2)14(19)17-6-7-18(15)8-9-20-13-5-3-4-12(10-13)11-16/h3-5,10H,6-9H2,1-2H3,(H,17,19). The van der Waals surface area contributed by atoms with Crippen LogP contribution in [0.1, 0.15) is 19.4 Å². The Morgan fingerprint density at radius 1 is 1.50 bits per heavy atom. The summed E-state index contributed by atoms with van der Waals surface area (Å²) in [5.41, 5.74) is 0.0796. The first-order chi connectivity index (χ1) is 9.54. The number of ether oxygens (including phenoxy) is 1. The van der Waals surface area contributed by atoms with Crippen molar-refractivity contribution < 1.29 is 9.53 Å². The predicted octanol–water partition coefficient (Wildman–Crippen LogP) is 1.15. The van der Waals surface area contributed by atoms with E-state index in [2.05, 4.69) is 16.3 Å². The van der Waals surface area contributed by atoms with Gasteiger partial charge in [0, 0.05) is 19.6 Å². The minimum absolute atomic E-state index is 0.0511. The Morgan fingerprint density at radius 2 is 2.30 bits per heavy atom. The number of nitriles is 1. The summed E-state index contributed by atoms with van der Waals surface area (Å²) >= 11 is 0. The molecule has 5 nitrogen and oxygen atoms in total. The van der Waals surface area contributed by atoms with Crippen LogP contribution in [0, 0.1) is 11.3 Å². The molecule has 1 aromatic carbocycles. The molecule has 0 radical (unpaired) electrons. The molecule has 20 heavy (non-hydrogen) atoms. The van der Waals surface area contributed by atoms with Gasteiger partial charge in [-0.15, -0.1) is 0 Å². The average molecular weight is 273 g/mol. The van der Waals surface area contributed by atoms with Crippen molar-refractivity contribution in [3.05, 3.63) is 29.8 Å². The van der Waals surface area contributed by atoms with Crippen molar-refractivity contribution in [1.82, 2.24) is 10.2 Å². The van der Waals surface area contributed by atoms with Crippen molar-refractivity contribution >= 4 is 5.91 Å². The molecule has 0 unspecified atom stereocenters. The summed E-state index contributed by atoms with van der Waals surface area (Å²) in [7, 11) is 0. The van der Waals surface area contributed by atoms with Crippen LogP contribution >= 0.6 is 0 Å². The topological polar surface area (TPSA) is 65.4 Å². The summed E-state index contributed by atoms with van der Waals surface area (Å²) in [6.07, 6.45) is 0. The molecule has 1 fully saturated rings. The van der Waals surface area contributed by atoms with Crippen LogP contribution in [0.2, 0.25) is 0 Å². The smallest absolute Gasteiger partial charge is 0.240 e. The largest absolute Gasteiger partial charge is 0.492 e. The van der Waals surface area contributed by atoms with Crippen LogP contribution in [0.5, 0.6) is 5.75 Å². The van der Waals surface area contributed by atoms with Gasteiger partial charge in [0.1, 0.15) is 12.4 Å². The Morgan fingerprint density at radius 3 is 3.05 bits per heavy atom. The van der Waals surface area contributed by atoms with Gasteiger partial charge in [-0.25, -0.2) is 0 Å². The summed E-state index contributed by atoms with van der Waals surface area (Å²) in [6, 6.07) is 9.17. The quantitative estimate of drug-likeness (QED) is 0.893. The van der Waals surface area contributed by atoms with Gasteiger partial charge in [0.05, 0.1) is 17.2 Å². The van der Waals surface area contributed by atoms with E-state index in [-0.39, 0.29) is 5.91 Å². The number of nitrogens with zero attached hydrogens (tertiary/aromatic N) is 2. The predicted molar refractivity (Wildman–Crippen MR) is 75.3 cm³/mol. The zero-order chi connectivity index (χ0) is 14.6. The monoisotopic (exact) mass is 273 g/mol. The summed E-state index contributed by atoms with van der Waals surface area (Å²) in [5.74, 6) is 0.735. The highest BCUT2D eigenvalue weighted by atomic mass is 16.5. The number of benzene rings is 1. The minimum Gasteiger partial charge on any atom is -0.492 e. The van der Waals surface area contributed by atoms with Crippen molar-refractivity contribution in [2.75, 3.05) is 26.2 Å². The normalized spacial score (nSPS) is 18.1. The molecule has 0 bridgehead atoms. The Balaban J connectivity index is 1.89. The van der Waals surface area contributed by atoms with Gasteiger partial charge in [0.2, 0.25) is 5.91 Å². The third-order valence-electron chi connectivity index (χ3n) is 3.61. The zero-order valence-corrected chi connectivity index (χ0v) is 11.8. The Hall–Kier alpha value is -2.06. The molecule has 0 saturated carbocycles. The molecule has 5 heteroatoms. The lowest BCUT2D eigenvalue weighted by Gasteiger charge is -2.41. The number of amides is 1. The summed E-state index contributed by atoms with van der Waals surface area (Å²) < 4.78 is 5.66. The Labute approximate surface area is 119 Å². The average Bonchev–Trinajstić information content (AvgIpc) is 2.44. The van der Waals surface area contributed by atoms with E-state index in [4.69, 9.17) is 10.00 Å². The maximum Gasteiger partial charge on any atom is 0.240 e. The van der Waals surface area contributed by atoms with Crippen LogP contribution in [-0.4, -0.2) is 42.6 Å². The second-order valence-corrected chi connectivity index (χ2v) is 5.29. The van der Waals surface area contributed by atoms with Gasteiger partial charge in [0.25, 0.3) is 0 Å². The molecule has 2 rings (SSSR count). The molecule has 0 spiro atoms. The molecule has 1 saturated heterocycles. The number of carbonyl (C=O) groups excluding carboxylic acids is 1. The minimum atomic E-state index is -0.504. The first-order valence-corrected chi connectivity index (χ1v) is 6.70. The molecule has 0 aromatic heterocycles. The van der Waals surface area contributed by atoms with E-state index < -0.39 is 5.54 Å². The number of carbonyl (C=O) groups is 1. The Bertz CT molecular complexity index is 534. The summed E-state index contributed by atoms with van der Waals surface area (Å²) in [4.78, 5) is 13.9. The second kappa shape index (κ2) is 5.93. The van der Waals surface area contributed by atoms with Gasteiger partial charge in [-0.3, -0.25) is 9.69 Å². The molecule has 1 aliphatic rings. The van der Waals surface area contributed by atoms with Crippen LogP contribution in [0.15, 0.2) is 24.3 Å². The fourth-order valence-corrected chi connectivity index (χ4v) is 2.26. The zero-order valence-electron chi connectivity index (χ0n) is 11.8. The van der Waals surface area contributed by atoms with E-state index in [1.54, 1.807) is 18.2 Å².